The van der Waals surface area contributed by atoms with Crippen LogP contribution >= 0.6 is 12.4 Å². The summed E-state index contributed by atoms with van der Waals surface area (Å²) in [7, 11) is 0. The van der Waals surface area contributed by atoms with Crippen LogP contribution in [-0.2, 0) is 0 Å². The van der Waals surface area contributed by atoms with Gasteiger partial charge in [-0.25, -0.2) is 0 Å². The molecule has 1 unspecified atom stereocenters. The molecular formula is C16H24ClNO. The van der Waals surface area contributed by atoms with Gasteiger partial charge < -0.3 is 0 Å². The second kappa shape index (κ2) is 7.06. The molecule has 0 spiro atoms. The minimum atomic E-state index is 0. The van der Waals surface area contributed by atoms with Crippen molar-refractivity contribution in [3.05, 3.63) is 34.9 Å². The van der Waals surface area contributed by atoms with Crippen LogP contribution in [0.15, 0.2) is 18.2 Å². The monoisotopic (exact) mass is 281 g/mol. The van der Waals surface area contributed by atoms with Gasteiger partial charge in [-0.3, -0.25) is 9.69 Å². The number of hydrogen-bond acceptors (Lipinski definition) is 2. The average molecular weight is 282 g/mol. The number of hydrogen-bond donors (Lipinski definition) is 0. The Bertz CT molecular complexity index is 438. The molecule has 0 N–H and O–H groups in total. The first-order chi connectivity index (χ1) is 8.59. The maximum Gasteiger partial charge on any atom is 0.179 e. The molecule has 1 aliphatic heterocycles. The van der Waals surface area contributed by atoms with Crippen molar-refractivity contribution < 1.29 is 4.79 Å². The summed E-state index contributed by atoms with van der Waals surface area (Å²) < 4.78 is 0. The first-order valence-corrected chi connectivity index (χ1v) is 6.95. The van der Waals surface area contributed by atoms with E-state index in [1.807, 2.05) is 26.0 Å². The van der Waals surface area contributed by atoms with Gasteiger partial charge in [0.15, 0.2) is 5.78 Å². The molecule has 0 bridgehead atoms. The number of carbonyl (C=O) groups is 1. The molecule has 3 heteroatoms. The highest BCUT2D eigenvalue weighted by Gasteiger charge is 2.24. The lowest BCUT2D eigenvalue weighted by Crippen LogP contribution is -2.42. The summed E-state index contributed by atoms with van der Waals surface area (Å²) in [5, 5.41) is 0. The van der Waals surface area contributed by atoms with Crippen molar-refractivity contribution in [2.24, 2.45) is 0 Å². The van der Waals surface area contributed by atoms with Crippen LogP contribution in [0.5, 0.6) is 0 Å². The molecular weight excluding hydrogens is 258 g/mol. The number of nitrogens with zero attached hydrogens (tertiary/aromatic N) is 1. The van der Waals surface area contributed by atoms with Crippen LogP contribution in [0.3, 0.4) is 0 Å². The van der Waals surface area contributed by atoms with Gasteiger partial charge in [0.25, 0.3) is 0 Å². The SMILES string of the molecule is Cc1ccc(C(=O)C(C)N2CCCCC2)c(C)c1.Cl. The van der Waals surface area contributed by atoms with Crippen molar-refractivity contribution in [1.29, 1.82) is 0 Å². The molecule has 0 aromatic heterocycles. The van der Waals surface area contributed by atoms with E-state index < -0.39 is 0 Å². The second-order valence-corrected chi connectivity index (χ2v) is 5.46. The zero-order valence-electron chi connectivity index (χ0n) is 12.1. The fourth-order valence-corrected chi connectivity index (χ4v) is 2.79. The first kappa shape index (κ1) is 16.2. The highest BCUT2D eigenvalue weighted by molar-refractivity contribution is 6.01. The van der Waals surface area contributed by atoms with Gasteiger partial charge in [-0.2, -0.15) is 0 Å². The Labute approximate surface area is 122 Å². The fraction of sp³-hybridized carbons (Fsp3) is 0.562. The maximum atomic E-state index is 12.5. The van der Waals surface area contributed by atoms with E-state index >= 15 is 0 Å². The number of aryl methyl sites for hydroxylation is 2. The van der Waals surface area contributed by atoms with Crippen molar-refractivity contribution >= 4 is 18.2 Å². The molecule has 1 aliphatic rings. The summed E-state index contributed by atoms with van der Waals surface area (Å²) in [6.07, 6.45) is 3.76. The quantitative estimate of drug-likeness (QED) is 0.786. The van der Waals surface area contributed by atoms with Crippen LogP contribution in [0.4, 0.5) is 0 Å². The van der Waals surface area contributed by atoms with Gasteiger partial charge in [0.05, 0.1) is 6.04 Å². The molecule has 2 rings (SSSR count). The highest BCUT2D eigenvalue weighted by atomic mass is 35.5. The molecule has 0 saturated carbocycles. The van der Waals surface area contributed by atoms with Crippen LogP contribution < -0.4 is 0 Å². The average Bonchev–Trinajstić information content (AvgIpc) is 2.38. The van der Waals surface area contributed by atoms with Crippen molar-refractivity contribution in [2.75, 3.05) is 13.1 Å². The van der Waals surface area contributed by atoms with Crippen LogP contribution in [0.25, 0.3) is 0 Å². The van der Waals surface area contributed by atoms with Gasteiger partial charge in [0.1, 0.15) is 0 Å². The molecule has 106 valence electrons. The third-order valence-electron chi connectivity index (χ3n) is 3.97. The zero-order chi connectivity index (χ0) is 13.1. The number of carbonyl (C=O) groups excluding carboxylic acids is 1. The number of Topliss-reactive ketones (excluding diaryl/α,β-unsaturated/α-hetero) is 1. The summed E-state index contributed by atoms with van der Waals surface area (Å²) in [5.41, 5.74) is 3.21. The molecule has 1 atom stereocenters. The predicted molar refractivity (Wildman–Crippen MR) is 82.4 cm³/mol. The van der Waals surface area contributed by atoms with Crippen LogP contribution in [0.2, 0.25) is 0 Å². The molecule has 1 fully saturated rings. The van der Waals surface area contributed by atoms with Gasteiger partial charge in [-0.15, -0.1) is 12.4 Å². The Hall–Kier alpha value is -0.860. The van der Waals surface area contributed by atoms with Crippen LogP contribution in [0.1, 0.15) is 47.7 Å². The Morgan fingerprint density at radius 3 is 2.37 bits per heavy atom. The number of rotatable bonds is 3. The first-order valence-electron chi connectivity index (χ1n) is 6.95. The van der Waals surface area contributed by atoms with Gasteiger partial charge in [-0.1, -0.05) is 30.2 Å². The number of piperidine rings is 1. The van der Waals surface area contributed by atoms with E-state index in [1.165, 1.54) is 24.8 Å². The van der Waals surface area contributed by atoms with Gasteiger partial charge in [0, 0.05) is 5.56 Å². The molecule has 1 aromatic carbocycles. The Morgan fingerprint density at radius 2 is 1.79 bits per heavy atom. The van der Waals surface area contributed by atoms with Gasteiger partial charge >= 0.3 is 0 Å². The summed E-state index contributed by atoms with van der Waals surface area (Å²) >= 11 is 0. The standard InChI is InChI=1S/C16H23NO.ClH/c1-12-7-8-15(13(2)11-12)16(18)14(3)17-9-5-4-6-10-17;/h7-8,11,14H,4-6,9-10H2,1-3H3;1H. The van der Waals surface area contributed by atoms with Gasteiger partial charge in [0.2, 0.25) is 0 Å². The van der Waals surface area contributed by atoms with Crippen molar-refractivity contribution in [1.82, 2.24) is 4.90 Å². The zero-order valence-corrected chi connectivity index (χ0v) is 12.9. The second-order valence-electron chi connectivity index (χ2n) is 5.46. The molecule has 1 saturated heterocycles. The molecule has 19 heavy (non-hydrogen) atoms. The molecule has 0 amide bonds. The van der Waals surface area contributed by atoms with E-state index in [-0.39, 0.29) is 24.2 Å². The lowest BCUT2D eigenvalue weighted by atomic mass is 9.97. The Kier molecular flexibility index (Phi) is 6.02. The highest BCUT2D eigenvalue weighted by Crippen LogP contribution is 2.18. The molecule has 1 aromatic rings. The lowest BCUT2D eigenvalue weighted by molar-refractivity contribution is 0.0808. The van der Waals surface area contributed by atoms with Crippen molar-refractivity contribution in [2.45, 2.75) is 46.1 Å². The summed E-state index contributed by atoms with van der Waals surface area (Å²) in [4.78, 5) is 14.9. The Morgan fingerprint density at radius 1 is 1.16 bits per heavy atom. The minimum absolute atomic E-state index is 0. The number of halogens is 1. The largest absolute Gasteiger partial charge is 0.294 e. The molecule has 1 heterocycles. The van der Waals surface area contributed by atoms with Crippen LogP contribution in [0, 0.1) is 13.8 Å². The van der Waals surface area contributed by atoms with Crippen molar-refractivity contribution in [3.63, 3.8) is 0 Å². The van der Waals surface area contributed by atoms with Crippen LogP contribution in [-0.4, -0.2) is 29.8 Å². The van der Waals surface area contributed by atoms with E-state index in [4.69, 9.17) is 0 Å². The van der Waals surface area contributed by atoms with Gasteiger partial charge in [-0.05, 0) is 52.3 Å². The predicted octanol–water partition coefficient (Wildman–Crippen LogP) is 3.78. The maximum absolute atomic E-state index is 12.5. The normalized spacial score (nSPS) is 17.6. The van der Waals surface area contributed by atoms with E-state index in [0.717, 1.165) is 24.2 Å². The molecule has 0 radical (unpaired) electrons. The Balaban J connectivity index is 0.00000180. The number of benzene rings is 1. The smallest absolute Gasteiger partial charge is 0.179 e. The molecule has 0 aliphatic carbocycles. The fourth-order valence-electron chi connectivity index (χ4n) is 2.79. The molecule has 2 nitrogen and oxygen atoms in total. The minimum Gasteiger partial charge on any atom is -0.294 e. The summed E-state index contributed by atoms with van der Waals surface area (Å²) in [6, 6.07) is 6.12. The topological polar surface area (TPSA) is 20.3 Å². The summed E-state index contributed by atoms with van der Waals surface area (Å²) in [6.45, 7) is 8.28. The van der Waals surface area contributed by atoms with Crippen molar-refractivity contribution in [3.8, 4) is 0 Å². The lowest BCUT2D eigenvalue weighted by Gasteiger charge is -2.31. The van der Waals surface area contributed by atoms with E-state index in [2.05, 4.69) is 17.9 Å². The number of ketones is 1. The third kappa shape index (κ3) is 3.80. The third-order valence-corrected chi connectivity index (χ3v) is 3.97. The van der Waals surface area contributed by atoms with E-state index in [0.29, 0.717) is 0 Å². The number of likely N-dealkylation sites (tertiary alicyclic amines) is 1. The summed E-state index contributed by atoms with van der Waals surface area (Å²) in [5.74, 6) is 0.273. The van der Waals surface area contributed by atoms with E-state index in [1.54, 1.807) is 0 Å². The van der Waals surface area contributed by atoms with E-state index in [9.17, 15) is 4.79 Å².